The molecule has 0 bridgehead atoms. The Labute approximate surface area is 182 Å². The second-order valence-corrected chi connectivity index (χ2v) is 7.64. The third-order valence-corrected chi connectivity index (χ3v) is 5.31. The Morgan fingerprint density at radius 2 is 1.97 bits per heavy atom. The quantitative estimate of drug-likeness (QED) is 0.507. The third-order valence-electron chi connectivity index (χ3n) is 5.31. The van der Waals surface area contributed by atoms with E-state index >= 15 is 0 Å². The van der Waals surface area contributed by atoms with Crippen LogP contribution in [0, 0.1) is 5.92 Å². The van der Waals surface area contributed by atoms with E-state index < -0.39 is 0 Å². The molecular weight excluding hydrogens is 394 g/mol. The molecule has 0 spiro atoms. The van der Waals surface area contributed by atoms with Crippen molar-refractivity contribution in [2.75, 3.05) is 19.7 Å². The Kier molecular flexibility index (Phi) is 6.94. The van der Waals surface area contributed by atoms with Gasteiger partial charge in [-0.05, 0) is 56.1 Å². The van der Waals surface area contributed by atoms with Crippen LogP contribution in [0.1, 0.15) is 31.2 Å². The van der Waals surface area contributed by atoms with Crippen molar-refractivity contribution in [2.24, 2.45) is 5.92 Å². The predicted octanol–water partition coefficient (Wildman–Crippen LogP) is 4.09. The number of esters is 1. The van der Waals surface area contributed by atoms with Crippen molar-refractivity contribution in [1.82, 2.24) is 15.0 Å². The second-order valence-electron chi connectivity index (χ2n) is 7.64. The Bertz CT molecular complexity index is 972. The lowest BCUT2D eigenvalue weighted by Crippen LogP contribution is -2.39. The lowest BCUT2D eigenvalue weighted by molar-refractivity contribution is -0.150. The van der Waals surface area contributed by atoms with Crippen LogP contribution >= 0.6 is 0 Å². The number of hydrogen-bond acceptors (Lipinski definition) is 7. The monoisotopic (exact) mass is 421 g/mol. The average molecular weight is 421 g/mol. The molecule has 1 unspecified atom stereocenters. The van der Waals surface area contributed by atoms with Crippen molar-refractivity contribution in [3.05, 3.63) is 66.1 Å². The fourth-order valence-corrected chi connectivity index (χ4v) is 3.72. The molecule has 2 aromatic carbocycles. The number of hydrogen-bond donors (Lipinski definition) is 0. The second kappa shape index (κ2) is 10.2. The molecule has 1 aliphatic rings. The fraction of sp³-hybridized carbons (Fsp3) is 0.375. The van der Waals surface area contributed by atoms with Gasteiger partial charge in [0.05, 0.1) is 19.1 Å². The minimum Gasteiger partial charge on any atom is -0.489 e. The molecule has 1 aliphatic heterocycles. The van der Waals surface area contributed by atoms with Gasteiger partial charge >= 0.3 is 5.97 Å². The first-order chi connectivity index (χ1) is 15.2. The number of carbonyl (C=O) groups is 1. The van der Waals surface area contributed by atoms with Crippen LogP contribution < -0.4 is 4.74 Å². The van der Waals surface area contributed by atoms with Gasteiger partial charge in [-0.1, -0.05) is 35.5 Å². The molecule has 4 rings (SSSR count). The zero-order valence-electron chi connectivity index (χ0n) is 17.7. The van der Waals surface area contributed by atoms with Gasteiger partial charge in [0.2, 0.25) is 11.7 Å². The van der Waals surface area contributed by atoms with Crippen molar-refractivity contribution in [2.45, 2.75) is 32.9 Å². The first-order valence-electron chi connectivity index (χ1n) is 10.7. The number of rotatable bonds is 8. The molecule has 3 aromatic rings. The Morgan fingerprint density at radius 1 is 1.16 bits per heavy atom. The van der Waals surface area contributed by atoms with E-state index in [0.29, 0.717) is 38.0 Å². The van der Waals surface area contributed by atoms with Gasteiger partial charge in [-0.2, -0.15) is 4.98 Å². The molecule has 1 fully saturated rings. The van der Waals surface area contributed by atoms with Crippen molar-refractivity contribution in [3.8, 4) is 17.1 Å². The maximum atomic E-state index is 12.0. The summed E-state index contributed by atoms with van der Waals surface area (Å²) in [6.07, 6.45) is 1.82. The van der Waals surface area contributed by atoms with Crippen LogP contribution in [-0.4, -0.2) is 40.7 Å². The van der Waals surface area contributed by atoms with Crippen molar-refractivity contribution in [1.29, 1.82) is 0 Å². The summed E-state index contributed by atoms with van der Waals surface area (Å²) >= 11 is 0. The lowest BCUT2D eigenvalue weighted by atomic mass is 9.98. The number of carbonyl (C=O) groups excluding carboxylic acids is 1. The van der Waals surface area contributed by atoms with E-state index in [1.807, 2.05) is 61.5 Å². The minimum atomic E-state index is -0.118. The van der Waals surface area contributed by atoms with Crippen molar-refractivity contribution >= 4 is 5.97 Å². The highest BCUT2D eigenvalue weighted by Crippen LogP contribution is 2.23. The number of nitrogens with zero attached hydrogens (tertiary/aromatic N) is 3. The molecule has 2 heterocycles. The number of aromatic nitrogens is 2. The first-order valence-corrected chi connectivity index (χ1v) is 10.7. The molecule has 7 heteroatoms. The fourth-order valence-electron chi connectivity index (χ4n) is 3.72. The van der Waals surface area contributed by atoms with Crippen LogP contribution in [0.25, 0.3) is 11.4 Å². The molecule has 162 valence electrons. The van der Waals surface area contributed by atoms with Gasteiger partial charge in [0, 0.05) is 12.1 Å². The standard InChI is InChI=1S/C24H27N3O4/c1-2-29-24(28)20-9-6-14-27(15-20)16-22-25-23(26-31-22)19-10-12-21(13-11-19)30-17-18-7-4-3-5-8-18/h3-5,7-8,10-13,20H,2,6,9,14-17H2,1H3. The van der Waals surface area contributed by atoms with Crippen LogP contribution in [-0.2, 0) is 22.7 Å². The van der Waals surface area contributed by atoms with Crippen molar-refractivity contribution < 1.29 is 18.8 Å². The van der Waals surface area contributed by atoms with E-state index in [-0.39, 0.29) is 11.9 Å². The van der Waals surface area contributed by atoms with E-state index in [0.717, 1.165) is 36.3 Å². The van der Waals surface area contributed by atoms with Crippen LogP contribution in [0.5, 0.6) is 5.75 Å². The normalized spacial score (nSPS) is 16.7. The topological polar surface area (TPSA) is 77.7 Å². The number of piperidine rings is 1. The summed E-state index contributed by atoms with van der Waals surface area (Å²) in [5, 5.41) is 4.11. The average Bonchev–Trinajstić information content (AvgIpc) is 3.27. The van der Waals surface area contributed by atoms with Gasteiger partial charge < -0.3 is 14.0 Å². The number of likely N-dealkylation sites (tertiary alicyclic amines) is 1. The van der Waals surface area contributed by atoms with Gasteiger partial charge in [-0.15, -0.1) is 0 Å². The van der Waals surface area contributed by atoms with E-state index in [9.17, 15) is 4.79 Å². The van der Waals surface area contributed by atoms with E-state index in [1.165, 1.54) is 0 Å². The van der Waals surface area contributed by atoms with E-state index in [2.05, 4.69) is 15.0 Å². The van der Waals surface area contributed by atoms with Gasteiger partial charge in [0.15, 0.2) is 0 Å². The summed E-state index contributed by atoms with van der Waals surface area (Å²) in [7, 11) is 0. The summed E-state index contributed by atoms with van der Waals surface area (Å²) in [6, 6.07) is 17.7. The SMILES string of the molecule is CCOC(=O)C1CCCN(Cc2nc(-c3ccc(OCc4ccccc4)cc3)no2)C1. The summed E-state index contributed by atoms with van der Waals surface area (Å²) in [5.41, 5.74) is 1.99. The molecule has 7 nitrogen and oxygen atoms in total. The molecule has 0 amide bonds. The van der Waals surface area contributed by atoms with Crippen LogP contribution in [0.3, 0.4) is 0 Å². The lowest BCUT2D eigenvalue weighted by Gasteiger charge is -2.30. The summed E-state index contributed by atoms with van der Waals surface area (Å²) in [4.78, 5) is 18.7. The molecule has 1 atom stereocenters. The van der Waals surface area contributed by atoms with Crippen LogP contribution in [0.15, 0.2) is 59.1 Å². The van der Waals surface area contributed by atoms with Gasteiger partial charge in [0.25, 0.3) is 0 Å². The molecular formula is C24H27N3O4. The van der Waals surface area contributed by atoms with Crippen molar-refractivity contribution in [3.63, 3.8) is 0 Å². The van der Waals surface area contributed by atoms with Gasteiger partial charge in [-0.3, -0.25) is 9.69 Å². The highest BCUT2D eigenvalue weighted by atomic mass is 16.5. The zero-order valence-corrected chi connectivity index (χ0v) is 17.7. The zero-order chi connectivity index (χ0) is 21.5. The molecule has 31 heavy (non-hydrogen) atoms. The predicted molar refractivity (Wildman–Crippen MR) is 115 cm³/mol. The summed E-state index contributed by atoms with van der Waals surface area (Å²) < 4.78 is 16.4. The molecule has 1 aromatic heterocycles. The summed E-state index contributed by atoms with van der Waals surface area (Å²) in [6.45, 7) is 4.86. The summed E-state index contributed by atoms with van der Waals surface area (Å²) in [5.74, 6) is 1.68. The van der Waals surface area contributed by atoms with Crippen LogP contribution in [0.2, 0.25) is 0 Å². The number of benzene rings is 2. The highest BCUT2D eigenvalue weighted by molar-refractivity contribution is 5.72. The third kappa shape index (κ3) is 5.70. The first kappa shape index (κ1) is 21.1. The Morgan fingerprint density at radius 3 is 2.74 bits per heavy atom. The molecule has 0 radical (unpaired) electrons. The Hall–Kier alpha value is -3.19. The van der Waals surface area contributed by atoms with E-state index in [4.69, 9.17) is 14.0 Å². The number of ether oxygens (including phenoxy) is 2. The maximum Gasteiger partial charge on any atom is 0.310 e. The molecule has 0 N–H and O–H groups in total. The largest absolute Gasteiger partial charge is 0.489 e. The van der Waals surface area contributed by atoms with Crippen LogP contribution in [0.4, 0.5) is 0 Å². The minimum absolute atomic E-state index is 0.0838. The van der Waals surface area contributed by atoms with Gasteiger partial charge in [-0.25, -0.2) is 0 Å². The maximum absolute atomic E-state index is 12.0. The Balaban J connectivity index is 1.32. The smallest absolute Gasteiger partial charge is 0.310 e. The molecule has 0 aliphatic carbocycles. The highest BCUT2D eigenvalue weighted by Gasteiger charge is 2.27. The molecule has 1 saturated heterocycles. The van der Waals surface area contributed by atoms with Gasteiger partial charge in [0.1, 0.15) is 12.4 Å². The van der Waals surface area contributed by atoms with E-state index in [1.54, 1.807) is 0 Å². The molecule has 0 saturated carbocycles.